The van der Waals surface area contributed by atoms with E-state index in [0.29, 0.717) is 28.7 Å². The summed E-state index contributed by atoms with van der Waals surface area (Å²) in [5.41, 5.74) is 1.17. The number of hydrogen-bond donors (Lipinski definition) is 1. The molecule has 0 atom stereocenters. The third-order valence-corrected chi connectivity index (χ3v) is 2.81. The second-order valence-corrected chi connectivity index (χ2v) is 5.26. The van der Waals surface area contributed by atoms with Gasteiger partial charge in [-0.05, 0) is 24.1 Å². The molecule has 0 fully saturated rings. The Morgan fingerprint density at radius 2 is 2.21 bits per heavy atom. The highest BCUT2D eigenvalue weighted by molar-refractivity contribution is 6.30. The van der Waals surface area contributed by atoms with E-state index < -0.39 is 0 Å². The second kappa shape index (κ2) is 7.01. The van der Waals surface area contributed by atoms with Crippen molar-refractivity contribution in [2.24, 2.45) is 5.92 Å². The lowest BCUT2D eigenvalue weighted by atomic mass is 10.2. The van der Waals surface area contributed by atoms with E-state index in [1.54, 1.807) is 30.1 Å². The Labute approximate surface area is 119 Å². The number of benzene rings is 1. The number of carbonyl (C=O) groups is 1. The van der Waals surface area contributed by atoms with Gasteiger partial charge in [0.15, 0.2) is 0 Å². The minimum atomic E-state index is -0.0601. The summed E-state index contributed by atoms with van der Waals surface area (Å²) in [5, 5.41) is 12.4. The summed E-state index contributed by atoms with van der Waals surface area (Å²) in [6.07, 6.45) is 0. The monoisotopic (exact) mass is 279 g/mol. The fourth-order valence-electron chi connectivity index (χ4n) is 1.61. The molecule has 4 nitrogen and oxygen atoms in total. The van der Waals surface area contributed by atoms with E-state index in [4.69, 9.17) is 16.9 Å². The third kappa shape index (κ3) is 4.80. The second-order valence-electron chi connectivity index (χ2n) is 4.83. The number of hydrogen-bond acceptors (Lipinski definition) is 3. The number of nitriles is 1. The fraction of sp³-hybridized carbons (Fsp3) is 0.429. The number of halogens is 1. The highest BCUT2D eigenvalue weighted by atomic mass is 35.5. The Kier molecular flexibility index (Phi) is 5.65. The molecule has 1 N–H and O–H groups in total. The van der Waals surface area contributed by atoms with Crippen LogP contribution in [0.4, 0.5) is 5.69 Å². The summed E-state index contributed by atoms with van der Waals surface area (Å²) in [4.78, 5) is 13.5. The maximum Gasteiger partial charge on any atom is 0.239 e. The zero-order valence-corrected chi connectivity index (χ0v) is 12.2. The van der Waals surface area contributed by atoms with Crippen molar-refractivity contribution in [2.75, 3.05) is 25.0 Å². The summed E-state index contributed by atoms with van der Waals surface area (Å²) in [5.74, 6) is 0.356. The maximum absolute atomic E-state index is 11.7. The van der Waals surface area contributed by atoms with E-state index in [-0.39, 0.29) is 12.5 Å². The predicted octanol–water partition coefficient (Wildman–Crippen LogP) is 2.42. The largest absolute Gasteiger partial charge is 0.364 e. The average Bonchev–Trinajstić information content (AvgIpc) is 2.35. The van der Waals surface area contributed by atoms with Gasteiger partial charge in [0.05, 0.1) is 17.8 Å². The van der Waals surface area contributed by atoms with Crippen LogP contribution < -0.4 is 10.2 Å². The van der Waals surface area contributed by atoms with E-state index in [0.717, 1.165) is 0 Å². The number of carbonyl (C=O) groups excluding carboxylic acids is 1. The van der Waals surface area contributed by atoms with Gasteiger partial charge in [-0.15, -0.1) is 0 Å². The Balaban J connectivity index is 2.71. The molecule has 0 spiro atoms. The van der Waals surface area contributed by atoms with Gasteiger partial charge in [0, 0.05) is 18.6 Å². The topological polar surface area (TPSA) is 56.1 Å². The molecular formula is C14H18ClN3O. The van der Waals surface area contributed by atoms with Crippen LogP contribution >= 0.6 is 11.6 Å². The quantitative estimate of drug-likeness (QED) is 0.900. The van der Waals surface area contributed by atoms with E-state index >= 15 is 0 Å². The molecule has 1 aromatic rings. The normalized spacial score (nSPS) is 10.1. The summed E-state index contributed by atoms with van der Waals surface area (Å²) < 4.78 is 0. The van der Waals surface area contributed by atoms with E-state index in [9.17, 15) is 4.79 Å². The van der Waals surface area contributed by atoms with Crippen molar-refractivity contribution < 1.29 is 4.79 Å². The Hall–Kier alpha value is -1.73. The number of amides is 1. The van der Waals surface area contributed by atoms with Crippen LogP contribution in [0.3, 0.4) is 0 Å². The molecule has 0 aliphatic heterocycles. The molecule has 0 aliphatic rings. The lowest BCUT2D eigenvalue weighted by Crippen LogP contribution is -2.37. The van der Waals surface area contributed by atoms with Gasteiger partial charge in [0.2, 0.25) is 5.91 Å². The lowest BCUT2D eigenvalue weighted by Gasteiger charge is -2.20. The van der Waals surface area contributed by atoms with Gasteiger partial charge in [0.25, 0.3) is 0 Å². The zero-order chi connectivity index (χ0) is 14.4. The van der Waals surface area contributed by atoms with Gasteiger partial charge in [-0.2, -0.15) is 5.26 Å². The average molecular weight is 280 g/mol. The highest BCUT2D eigenvalue weighted by Crippen LogP contribution is 2.22. The standard InChI is InChI=1S/C14H18ClN3O/c1-10(2)8-17-14(19)9-18(3)13-5-4-12(15)6-11(13)7-16/h4-6,10H,8-9H2,1-3H3,(H,17,19). The van der Waals surface area contributed by atoms with E-state index in [1.807, 2.05) is 13.8 Å². The summed E-state index contributed by atoms with van der Waals surface area (Å²) in [6.45, 7) is 4.94. The molecular weight excluding hydrogens is 262 g/mol. The minimum Gasteiger partial charge on any atom is -0.364 e. The molecule has 0 aromatic heterocycles. The van der Waals surface area contributed by atoms with Gasteiger partial charge < -0.3 is 10.2 Å². The Morgan fingerprint density at radius 1 is 1.53 bits per heavy atom. The Morgan fingerprint density at radius 3 is 2.79 bits per heavy atom. The van der Waals surface area contributed by atoms with E-state index in [1.165, 1.54) is 0 Å². The first-order valence-corrected chi connectivity index (χ1v) is 6.49. The smallest absolute Gasteiger partial charge is 0.239 e. The molecule has 1 aromatic carbocycles. The lowest BCUT2D eigenvalue weighted by molar-refractivity contribution is -0.119. The van der Waals surface area contributed by atoms with Gasteiger partial charge in [-0.3, -0.25) is 4.79 Å². The van der Waals surface area contributed by atoms with Crippen LogP contribution in [0.15, 0.2) is 18.2 Å². The van der Waals surface area contributed by atoms with Gasteiger partial charge in [-0.25, -0.2) is 0 Å². The van der Waals surface area contributed by atoms with Crippen molar-refractivity contribution in [3.8, 4) is 6.07 Å². The van der Waals surface area contributed by atoms with Crippen molar-refractivity contribution >= 4 is 23.2 Å². The van der Waals surface area contributed by atoms with Crippen molar-refractivity contribution in [3.05, 3.63) is 28.8 Å². The molecule has 19 heavy (non-hydrogen) atoms. The molecule has 0 aliphatic carbocycles. The van der Waals surface area contributed by atoms with Crippen molar-refractivity contribution in [1.29, 1.82) is 5.26 Å². The number of likely N-dealkylation sites (N-methyl/N-ethyl adjacent to an activating group) is 1. The first kappa shape index (κ1) is 15.3. The zero-order valence-electron chi connectivity index (χ0n) is 11.4. The maximum atomic E-state index is 11.7. The van der Waals surface area contributed by atoms with Gasteiger partial charge in [0.1, 0.15) is 6.07 Å². The molecule has 0 radical (unpaired) electrons. The molecule has 1 amide bonds. The molecule has 0 bridgehead atoms. The van der Waals surface area contributed by atoms with Crippen molar-refractivity contribution in [2.45, 2.75) is 13.8 Å². The summed E-state index contributed by atoms with van der Waals surface area (Å²) >= 11 is 5.84. The van der Waals surface area contributed by atoms with Crippen LogP contribution in [0.1, 0.15) is 19.4 Å². The molecule has 0 saturated carbocycles. The summed E-state index contributed by atoms with van der Waals surface area (Å²) in [7, 11) is 1.78. The van der Waals surface area contributed by atoms with Crippen molar-refractivity contribution in [1.82, 2.24) is 5.32 Å². The van der Waals surface area contributed by atoms with Crippen LogP contribution in [0.2, 0.25) is 5.02 Å². The van der Waals surface area contributed by atoms with Crippen LogP contribution in [-0.4, -0.2) is 26.0 Å². The highest BCUT2D eigenvalue weighted by Gasteiger charge is 2.11. The summed E-state index contributed by atoms with van der Waals surface area (Å²) in [6, 6.07) is 7.13. The van der Waals surface area contributed by atoms with Crippen LogP contribution in [-0.2, 0) is 4.79 Å². The van der Waals surface area contributed by atoms with Crippen LogP contribution in [0.5, 0.6) is 0 Å². The SMILES string of the molecule is CC(C)CNC(=O)CN(C)c1ccc(Cl)cc1C#N. The Bertz CT molecular complexity index is 494. The first-order valence-electron chi connectivity index (χ1n) is 6.11. The number of anilines is 1. The van der Waals surface area contributed by atoms with E-state index in [2.05, 4.69) is 11.4 Å². The first-order chi connectivity index (χ1) is 8.93. The fourth-order valence-corrected chi connectivity index (χ4v) is 1.78. The molecule has 5 heteroatoms. The molecule has 102 valence electrons. The van der Waals surface area contributed by atoms with Crippen LogP contribution in [0.25, 0.3) is 0 Å². The predicted molar refractivity (Wildman–Crippen MR) is 77.3 cm³/mol. The molecule has 0 heterocycles. The van der Waals surface area contributed by atoms with Crippen molar-refractivity contribution in [3.63, 3.8) is 0 Å². The van der Waals surface area contributed by atoms with Gasteiger partial charge in [-0.1, -0.05) is 25.4 Å². The number of nitrogens with zero attached hydrogens (tertiary/aromatic N) is 2. The van der Waals surface area contributed by atoms with Crippen LogP contribution in [0, 0.1) is 17.2 Å². The third-order valence-electron chi connectivity index (χ3n) is 2.58. The minimum absolute atomic E-state index is 0.0601. The van der Waals surface area contributed by atoms with Gasteiger partial charge >= 0.3 is 0 Å². The molecule has 0 unspecified atom stereocenters. The molecule has 0 saturated heterocycles. The number of nitrogens with one attached hydrogen (secondary N) is 1. The molecule has 1 rings (SSSR count). The number of rotatable bonds is 5.